The molecule has 3 aliphatic heterocycles. The molecule has 0 saturated heterocycles. The average Bonchev–Trinajstić information content (AvgIpc) is 1.75. The lowest BCUT2D eigenvalue weighted by Gasteiger charge is -2.31. The molecular formula is C98H114N12O9. The number of aromatic nitrogens is 9. The second-order valence-electron chi connectivity index (χ2n) is 32.9. The number of amides is 3. The van der Waals surface area contributed by atoms with Crippen molar-refractivity contribution >= 4 is 68.7 Å². The van der Waals surface area contributed by atoms with E-state index in [-0.39, 0.29) is 48.9 Å². The average molecular weight is 1600 g/mol. The normalized spacial score (nSPS) is 14.6. The molecule has 2 N–H and O–H groups in total. The highest BCUT2D eigenvalue weighted by molar-refractivity contribution is 5.97. The summed E-state index contributed by atoms with van der Waals surface area (Å²) in [4.78, 5) is 83.8. The molecule has 0 fully saturated rings. The number of benzene rings is 9. The Balaban J connectivity index is 0.000000163. The van der Waals surface area contributed by atoms with Crippen molar-refractivity contribution in [3.63, 3.8) is 0 Å². The van der Waals surface area contributed by atoms with E-state index < -0.39 is 29.7 Å². The molecule has 12 aromatic rings. The van der Waals surface area contributed by atoms with Crippen LogP contribution in [0.3, 0.4) is 0 Å². The van der Waals surface area contributed by atoms with Crippen LogP contribution in [0.4, 0.5) is 0 Å². The maximum absolute atomic E-state index is 13.5. The first-order valence-electron chi connectivity index (χ1n) is 41.3. The number of carbonyl (C=O) groups excluding carboxylic acids is 4. The monoisotopic (exact) mass is 1600 g/mol. The van der Waals surface area contributed by atoms with E-state index in [4.69, 9.17) is 4.74 Å². The van der Waals surface area contributed by atoms with Crippen molar-refractivity contribution in [2.24, 2.45) is 17.8 Å². The molecule has 1 unspecified atom stereocenters. The van der Waals surface area contributed by atoms with Gasteiger partial charge in [0.05, 0.1) is 41.4 Å². The maximum Gasteiger partial charge on any atom is 0.309 e. The highest BCUT2D eigenvalue weighted by atomic mass is 16.5. The Morgan fingerprint density at radius 2 is 0.622 bits per heavy atom. The van der Waals surface area contributed by atoms with Crippen LogP contribution in [0.2, 0.25) is 0 Å². The Morgan fingerprint density at radius 1 is 0.361 bits per heavy atom. The lowest BCUT2D eigenvalue weighted by molar-refractivity contribution is -0.145. The van der Waals surface area contributed by atoms with Gasteiger partial charge in [-0.25, -0.2) is 14.0 Å². The van der Waals surface area contributed by atoms with Gasteiger partial charge in [0, 0.05) is 93.3 Å². The molecule has 15 rings (SSSR count). The van der Waals surface area contributed by atoms with E-state index in [0.717, 1.165) is 176 Å². The second kappa shape index (κ2) is 35.7. The van der Waals surface area contributed by atoms with Crippen LogP contribution in [-0.2, 0) is 77.7 Å². The number of aliphatic carboxylic acids is 2. The number of hydrogen-bond donors (Lipinski definition) is 2. The number of aryl methyl sites for hydroxylation is 12. The number of methoxy groups -OCH3 is 1. The van der Waals surface area contributed by atoms with Crippen molar-refractivity contribution in [1.29, 1.82) is 0 Å². The Kier molecular flexibility index (Phi) is 25.9. The maximum atomic E-state index is 13.5. The summed E-state index contributed by atoms with van der Waals surface area (Å²) in [6.07, 6.45) is 2.35. The number of esters is 1. The van der Waals surface area contributed by atoms with Crippen molar-refractivity contribution in [3.05, 3.63) is 278 Å². The smallest absolute Gasteiger partial charge is 0.309 e. The molecule has 9 aromatic carbocycles. The number of carbonyl (C=O) groups is 6. The van der Waals surface area contributed by atoms with Crippen LogP contribution in [0.15, 0.2) is 127 Å². The van der Waals surface area contributed by atoms with Gasteiger partial charge in [-0.05, 0) is 311 Å². The van der Waals surface area contributed by atoms with Gasteiger partial charge in [-0.2, -0.15) is 0 Å². The van der Waals surface area contributed by atoms with Crippen LogP contribution in [0.25, 0.3) is 33.1 Å². The first-order chi connectivity index (χ1) is 56.3. The van der Waals surface area contributed by atoms with Gasteiger partial charge in [-0.15, -0.1) is 15.3 Å². The molecule has 0 saturated carbocycles. The van der Waals surface area contributed by atoms with Gasteiger partial charge in [0.15, 0.2) is 0 Å². The quantitative estimate of drug-likeness (QED) is 0.0757. The number of hydrogen-bond acceptors (Lipinski definition) is 13. The molecule has 0 bridgehead atoms. The molecular weight excluding hydrogens is 1490 g/mol. The number of ether oxygens (including phenoxy) is 1. The number of carboxylic acids is 2. The largest absolute Gasteiger partial charge is 0.481 e. The summed E-state index contributed by atoms with van der Waals surface area (Å²) in [7, 11) is 1.43. The Labute approximate surface area is 698 Å². The van der Waals surface area contributed by atoms with Gasteiger partial charge in [0.1, 0.15) is 16.6 Å². The topological polar surface area (TPSA) is 254 Å². The summed E-state index contributed by atoms with van der Waals surface area (Å²) in [6, 6.07) is 43.1. The summed E-state index contributed by atoms with van der Waals surface area (Å²) < 4.78 is 10.8. The first kappa shape index (κ1) is 86.3. The van der Waals surface area contributed by atoms with Crippen LogP contribution in [0.5, 0.6) is 0 Å². The SMILES string of the molecule is C.CCn1nnc2c(C)c([C@H](c3ccc4c(c3)CN(C(=O)c3cc(C)c(C)c(C)c3)CC4)C(C)C(=O)OC)ccc21.CCn1nnc2c(C)c([C@H](c3ccc4c(c3)CN(C(=O)c3cc(C)c(C)c(C)c3)CC4)[C@@H](C)C(=O)O)ccc21.CCn1nnc2c(C)c([C@H](c3ccc4c(c3)CN(C(=O)c3cc(C)c(C)c(C)c3)CC4)[C@H](C)C(=O)O)ccc21. The summed E-state index contributed by atoms with van der Waals surface area (Å²) in [5, 5.41) is 46.2. The van der Waals surface area contributed by atoms with Crippen molar-refractivity contribution < 1.29 is 43.7 Å². The van der Waals surface area contributed by atoms with Gasteiger partial charge < -0.3 is 29.6 Å². The van der Waals surface area contributed by atoms with Gasteiger partial charge in [0.2, 0.25) is 0 Å². The molecule has 0 aliphatic carbocycles. The third kappa shape index (κ3) is 17.0. The second-order valence-corrected chi connectivity index (χ2v) is 32.9. The van der Waals surface area contributed by atoms with Gasteiger partial charge >= 0.3 is 17.9 Å². The van der Waals surface area contributed by atoms with E-state index in [0.29, 0.717) is 52.4 Å². The minimum absolute atomic E-state index is 0. The molecule has 620 valence electrons. The molecule has 3 aromatic heterocycles. The van der Waals surface area contributed by atoms with E-state index in [1.165, 1.54) is 40.5 Å². The van der Waals surface area contributed by atoms with Crippen molar-refractivity contribution in [1.82, 2.24) is 59.7 Å². The molecule has 119 heavy (non-hydrogen) atoms. The lowest BCUT2D eigenvalue weighted by atomic mass is 9.78. The van der Waals surface area contributed by atoms with Crippen molar-refractivity contribution in [2.45, 2.75) is 208 Å². The summed E-state index contributed by atoms with van der Waals surface area (Å²) in [5.74, 6) is -4.52. The third-order valence-electron chi connectivity index (χ3n) is 25.9. The molecule has 3 amide bonds. The zero-order chi connectivity index (χ0) is 84.7. The van der Waals surface area contributed by atoms with Gasteiger partial charge in [0.25, 0.3) is 17.7 Å². The molecule has 6 atom stereocenters. The summed E-state index contributed by atoms with van der Waals surface area (Å²) in [6.45, 7) is 41.8. The van der Waals surface area contributed by atoms with Gasteiger partial charge in [-0.1, -0.05) is 117 Å². The van der Waals surface area contributed by atoms with E-state index >= 15 is 0 Å². The Morgan fingerprint density at radius 3 is 0.866 bits per heavy atom. The Hall–Kier alpha value is -12.0. The van der Waals surface area contributed by atoms with E-state index in [2.05, 4.69) is 126 Å². The molecule has 3 aliphatic rings. The zero-order valence-corrected chi connectivity index (χ0v) is 71.7. The van der Waals surface area contributed by atoms with E-state index in [1.54, 1.807) is 13.8 Å². The molecule has 21 heteroatoms. The predicted octanol–water partition coefficient (Wildman–Crippen LogP) is 17.9. The predicted molar refractivity (Wildman–Crippen MR) is 467 cm³/mol. The fourth-order valence-corrected chi connectivity index (χ4v) is 17.9. The standard InChI is InChI=1S/C33H38N4O3.2C32H36N4O3.CH4/c1-8-37-29-12-11-28(22(5)31(29)34-35-37)30(23(6)33(39)40-7)25-10-9-24-13-14-36(18-27(24)17-25)32(38)26-15-19(2)21(4)20(3)16-26;2*1-7-36-28-11-10-27(21(5)30(28)33-34-36)29(22(6)32(38)39)24-9-8-23-12-13-35(17-26(23)16-24)31(37)25-14-18(2)20(4)19(3)15-25;/h9-12,15-17,23,30H,8,13-14,18H2,1-7H3;2*8-11,14-16,22,29H,7,12-13,17H2,1-6H3,(H,38,39);1H4/t23?,30-;22-,29+;22-,29-;/m010./s1. The van der Waals surface area contributed by atoms with Crippen LogP contribution in [0, 0.1) is 101 Å². The van der Waals surface area contributed by atoms with Crippen LogP contribution < -0.4 is 0 Å². The number of fused-ring (bicyclic) bond motifs is 6. The van der Waals surface area contributed by atoms with Gasteiger partial charge in [-0.3, -0.25) is 28.8 Å². The summed E-state index contributed by atoms with van der Waals surface area (Å²) >= 11 is 0. The lowest BCUT2D eigenvalue weighted by Crippen LogP contribution is -2.36. The van der Waals surface area contributed by atoms with Crippen LogP contribution >= 0.6 is 0 Å². The highest BCUT2D eigenvalue weighted by Gasteiger charge is 2.36. The molecule has 0 spiro atoms. The number of rotatable bonds is 18. The third-order valence-corrected chi connectivity index (χ3v) is 25.9. The highest BCUT2D eigenvalue weighted by Crippen LogP contribution is 2.43. The van der Waals surface area contributed by atoms with E-state index in [9.17, 15) is 39.0 Å². The molecule has 6 heterocycles. The molecule has 0 radical (unpaired) electrons. The van der Waals surface area contributed by atoms with Crippen LogP contribution in [-0.4, -0.2) is 132 Å². The van der Waals surface area contributed by atoms with Crippen LogP contribution in [0.1, 0.15) is 231 Å². The number of carboxylic acid groups (broad SMARTS) is 2. The minimum atomic E-state index is -0.851. The summed E-state index contributed by atoms with van der Waals surface area (Å²) in [5.41, 5.74) is 33.5. The van der Waals surface area contributed by atoms with E-state index in [1.807, 2.05) is 172 Å². The van der Waals surface area contributed by atoms with Crippen molar-refractivity contribution in [2.75, 3.05) is 26.7 Å². The molecule has 21 nitrogen and oxygen atoms in total. The fraction of sp³-hybridized carbons (Fsp3) is 0.388. The van der Waals surface area contributed by atoms with Crippen molar-refractivity contribution in [3.8, 4) is 0 Å². The minimum Gasteiger partial charge on any atom is -0.481 e. The number of nitrogens with zero attached hydrogens (tertiary/aromatic N) is 12. The fourth-order valence-electron chi connectivity index (χ4n) is 17.9. The zero-order valence-electron chi connectivity index (χ0n) is 71.7. The first-order valence-corrected chi connectivity index (χ1v) is 41.3. The Bertz CT molecular complexity index is 5660.